The number of likely N-dealkylation sites (N-methyl/N-ethyl adjacent to an activating group) is 1. The van der Waals surface area contributed by atoms with Crippen molar-refractivity contribution in [2.45, 2.75) is 32.9 Å². The number of hydrogen-bond donors (Lipinski definition) is 2. The van der Waals surface area contributed by atoms with Gasteiger partial charge in [-0.15, -0.1) is 0 Å². The Morgan fingerprint density at radius 2 is 2.17 bits per heavy atom. The number of carbonyl (C=O) groups excluding carboxylic acids is 1. The number of imidazole rings is 1. The van der Waals surface area contributed by atoms with E-state index in [1.807, 2.05) is 38.1 Å². The zero-order valence-electron chi connectivity index (χ0n) is 13.7. The molecule has 0 unspecified atom stereocenters. The summed E-state index contributed by atoms with van der Waals surface area (Å²) in [6, 6.07) is 7.18. The number of para-hydroxylation sites is 1. The van der Waals surface area contributed by atoms with Crippen LogP contribution in [0.1, 0.15) is 25.1 Å². The molecule has 0 aliphatic rings. The van der Waals surface area contributed by atoms with E-state index in [4.69, 9.17) is 10.5 Å². The quantitative estimate of drug-likeness (QED) is 0.777. The first kappa shape index (κ1) is 17.0. The number of aromatic nitrogens is 2. The van der Waals surface area contributed by atoms with Crippen LogP contribution in [0, 0.1) is 0 Å². The lowest BCUT2D eigenvalue weighted by molar-refractivity contribution is -0.133. The van der Waals surface area contributed by atoms with Gasteiger partial charge in [0.1, 0.15) is 5.75 Å². The van der Waals surface area contributed by atoms with Gasteiger partial charge in [0.05, 0.1) is 19.0 Å². The molecule has 0 spiro atoms. The Labute approximate surface area is 136 Å². The summed E-state index contributed by atoms with van der Waals surface area (Å²) in [4.78, 5) is 21.3. The molecule has 0 saturated carbocycles. The van der Waals surface area contributed by atoms with Gasteiger partial charge in [0, 0.05) is 37.0 Å². The van der Waals surface area contributed by atoms with Crippen molar-refractivity contribution in [2.24, 2.45) is 5.73 Å². The summed E-state index contributed by atoms with van der Waals surface area (Å²) in [6.07, 6.45) is 3.72. The molecule has 2 rings (SSSR count). The van der Waals surface area contributed by atoms with Crippen molar-refractivity contribution in [3.63, 3.8) is 0 Å². The molecule has 6 nitrogen and oxygen atoms in total. The Morgan fingerprint density at radius 1 is 1.39 bits per heavy atom. The summed E-state index contributed by atoms with van der Waals surface area (Å²) in [5.41, 5.74) is 7.91. The molecule has 23 heavy (non-hydrogen) atoms. The molecule has 0 aliphatic heterocycles. The Hall–Kier alpha value is -2.34. The molecule has 0 aliphatic carbocycles. The van der Waals surface area contributed by atoms with Crippen molar-refractivity contribution in [3.05, 3.63) is 48.0 Å². The van der Waals surface area contributed by atoms with Crippen LogP contribution < -0.4 is 10.5 Å². The number of carbonyl (C=O) groups is 1. The van der Waals surface area contributed by atoms with Crippen LogP contribution in [0.5, 0.6) is 5.75 Å². The summed E-state index contributed by atoms with van der Waals surface area (Å²) < 4.78 is 5.63. The molecule has 3 N–H and O–H groups in total. The second kappa shape index (κ2) is 8.33. The molecule has 1 amide bonds. The molecule has 0 fully saturated rings. The van der Waals surface area contributed by atoms with Crippen molar-refractivity contribution in [1.82, 2.24) is 14.9 Å². The van der Waals surface area contributed by atoms with Gasteiger partial charge in [-0.25, -0.2) is 4.98 Å². The fourth-order valence-corrected chi connectivity index (χ4v) is 2.44. The molecular formula is C17H24N4O2. The number of nitrogens with two attached hydrogens (primary N) is 1. The van der Waals surface area contributed by atoms with E-state index in [1.54, 1.807) is 17.4 Å². The first-order valence-electron chi connectivity index (χ1n) is 7.88. The van der Waals surface area contributed by atoms with Crippen molar-refractivity contribution < 1.29 is 9.53 Å². The van der Waals surface area contributed by atoms with E-state index >= 15 is 0 Å². The van der Waals surface area contributed by atoms with Gasteiger partial charge in [-0.3, -0.25) is 4.79 Å². The van der Waals surface area contributed by atoms with Gasteiger partial charge >= 0.3 is 0 Å². The van der Waals surface area contributed by atoms with Gasteiger partial charge in [0.2, 0.25) is 5.91 Å². The maximum Gasteiger partial charge on any atom is 0.240 e. The van der Waals surface area contributed by atoms with Gasteiger partial charge in [0.15, 0.2) is 0 Å². The number of H-pyrrole nitrogens is 1. The average Bonchev–Trinajstić information content (AvgIpc) is 3.06. The summed E-state index contributed by atoms with van der Waals surface area (Å²) >= 11 is 0. The topological polar surface area (TPSA) is 84.2 Å². The smallest absolute Gasteiger partial charge is 0.240 e. The molecule has 124 valence electrons. The monoisotopic (exact) mass is 316 g/mol. The van der Waals surface area contributed by atoms with E-state index in [0.717, 1.165) is 17.0 Å². The highest BCUT2D eigenvalue weighted by molar-refractivity contribution is 5.82. The number of nitrogens with zero attached hydrogens (tertiary/aromatic N) is 2. The van der Waals surface area contributed by atoms with Crippen molar-refractivity contribution in [3.8, 4) is 5.75 Å². The third-order valence-corrected chi connectivity index (χ3v) is 3.64. The number of amides is 1. The Bertz CT molecular complexity index is 613. The number of benzene rings is 1. The first-order valence-corrected chi connectivity index (χ1v) is 7.88. The lowest BCUT2D eigenvalue weighted by Gasteiger charge is -2.25. The predicted octanol–water partition coefficient (Wildman–Crippen LogP) is 1.73. The van der Waals surface area contributed by atoms with Crippen LogP contribution in [0.15, 0.2) is 36.8 Å². The van der Waals surface area contributed by atoms with Crippen LogP contribution in [0.2, 0.25) is 0 Å². The Balaban J connectivity index is 2.05. The van der Waals surface area contributed by atoms with Gasteiger partial charge in [-0.2, -0.15) is 0 Å². The van der Waals surface area contributed by atoms with Crippen molar-refractivity contribution in [2.75, 3.05) is 13.2 Å². The van der Waals surface area contributed by atoms with Crippen molar-refractivity contribution in [1.29, 1.82) is 0 Å². The fraction of sp³-hybridized carbons (Fsp3) is 0.412. The van der Waals surface area contributed by atoms with Crippen LogP contribution in [-0.4, -0.2) is 40.0 Å². The highest BCUT2D eigenvalue weighted by Crippen LogP contribution is 2.20. The van der Waals surface area contributed by atoms with Crippen LogP contribution >= 0.6 is 0 Å². The van der Waals surface area contributed by atoms with Crippen molar-refractivity contribution >= 4 is 5.91 Å². The molecule has 1 aromatic carbocycles. The number of hydrogen-bond acceptors (Lipinski definition) is 4. The largest absolute Gasteiger partial charge is 0.494 e. The number of aromatic amines is 1. The molecule has 1 atom stereocenters. The predicted molar refractivity (Wildman–Crippen MR) is 89.0 cm³/mol. The van der Waals surface area contributed by atoms with Gasteiger partial charge in [0.25, 0.3) is 0 Å². The minimum Gasteiger partial charge on any atom is -0.494 e. The Kier molecular flexibility index (Phi) is 6.17. The van der Waals surface area contributed by atoms with E-state index in [-0.39, 0.29) is 5.91 Å². The third kappa shape index (κ3) is 4.56. The van der Waals surface area contributed by atoms with Crippen LogP contribution in [0.25, 0.3) is 0 Å². The summed E-state index contributed by atoms with van der Waals surface area (Å²) in [7, 11) is 0. The van der Waals surface area contributed by atoms with E-state index in [1.165, 1.54) is 0 Å². The van der Waals surface area contributed by atoms with Gasteiger partial charge < -0.3 is 20.4 Å². The molecular weight excluding hydrogens is 292 g/mol. The maximum atomic E-state index is 12.6. The molecule has 0 bridgehead atoms. The van der Waals surface area contributed by atoms with Crippen LogP contribution in [0.3, 0.4) is 0 Å². The zero-order chi connectivity index (χ0) is 16.7. The number of nitrogens with one attached hydrogen (secondary N) is 1. The minimum absolute atomic E-state index is 0.0756. The second-order valence-corrected chi connectivity index (χ2v) is 5.28. The first-order chi connectivity index (χ1) is 11.2. The molecule has 0 radical (unpaired) electrons. The van der Waals surface area contributed by atoms with E-state index in [0.29, 0.717) is 26.1 Å². The average molecular weight is 316 g/mol. The lowest BCUT2D eigenvalue weighted by Crippen LogP contribution is -2.44. The summed E-state index contributed by atoms with van der Waals surface area (Å²) in [5, 5.41) is 0. The lowest BCUT2D eigenvalue weighted by atomic mass is 10.1. The van der Waals surface area contributed by atoms with Crippen LogP contribution in [0.4, 0.5) is 0 Å². The van der Waals surface area contributed by atoms with E-state index in [2.05, 4.69) is 9.97 Å². The highest BCUT2D eigenvalue weighted by atomic mass is 16.5. The molecule has 0 saturated heterocycles. The molecule has 2 aromatic rings. The zero-order valence-corrected chi connectivity index (χ0v) is 13.7. The van der Waals surface area contributed by atoms with E-state index < -0.39 is 6.04 Å². The highest BCUT2D eigenvalue weighted by Gasteiger charge is 2.21. The summed E-state index contributed by atoms with van der Waals surface area (Å²) in [5.74, 6) is 0.733. The second-order valence-electron chi connectivity index (χ2n) is 5.28. The van der Waals surface area contributed by atoms with Gasteiger partial charge in [-0.1, -0.05) is 18.2 Å². The Morgan fingerprint density at radius 3 is 2.83 bits per heavy atom. The standard InChI is InChI=1S/C17H24N4O2/c1-3-21(11-13-7-5-6-8-16(13)23-4-2)17(22)15(18)9-14-10-19-12-20-14/h5-8,10,12,15H,3-4,9,11,18H2,1-2H3,(H,19,20)/t15-/m0/s1. The van der Waals surface area contributed by atoms with Gasteiger partial charge in [-0.05, 0) is 19.9 Å². The third-order valence-electron chi connectivity index (χ3n) is 3.64. The molecule has 1 heterocycles. The van der Waals surface area contributed by atoms with Crippen LogP contribution in [-0.2, 0) is 17.8 Å². The number of ether oxygens (including phenoxy) is 1. The molecule has 6 heteroatoms. The van der Waals surface area contributed by atoms with E-state index in [9.17, 15) is 4.79 Å². The fourth-order valence-electron chi connectivity index (χ4n) is 2.44. The summed E-state index contributed by atoms with van der Waals surface area (Å²) in [6.45, 7) is 5.57. The molecule has 1 aromatic heterocycles. The minimum atomic E-state index is -0.588. The normalized spacial score (nSPS) is 12.0. The number of rotatable bonds is 8. The maximum absolute atomic E-state index is 12.6. The SMILES string of the molecule is CCOc1ccccc1CN(CC)C(=O)[C@@H](N)Cc1cnc[nH]1.